The van der Waals surface area contributed by atoms with Crippen LogP contribution in [0.15, 0.2) is 18.2 Å². The molecule has 1 aromatic heterocycles. The molecule has 1 amide bonds. The summed E-state index contributed by atoms with van der Waals surface area (Å²) in [6, 6.07) is 3.37. The predicted molar refractivity (Wildman–Crippen MR) is 112 cm³/mol. The van der Waals surface area contributed by atoms with Crippen molar-refractivity contribution in [2.75, 3.05) is 29.0 Å². The average molecular weight is 434 g/mol. The number of nitrogens with two attached hydrogens (primary N) is 1. The van der Waals surface area contributed by atoms with E-state index in [2.05, 4.69) is 25.5 Å². The van der Waals surface area contributed by atoms with Crippen LogP contribution >= 0.6 is 0 Å². The Morgan fingerprint density at radius 2 is 2.00 bits per heavy atom. The molecular weight excluding hydrogens is 409 g/mol. The lowest BCUT2D eigenvalue weighted by Crippen LogP contribution is -2.47. The summed E-state index contributed by atoms with van der Waals surface area (Å²) in [6.07, 6.45) is -0.0627. The number of amides is 1. The normalized spacial score (nSPS) is 18.6. The van der Waals surface area contributed by atoms with Crippen LogP contribution in [-0.2, 0) is 23.8 Å². The Labute approximate surface area is 178 Å². The largest absolute Gasteiger partial charge is 0.416 e. The monoisotopic (exact) mass is 434 g/mol. The second kappa shape index (κ2) is 8.24. The molecule has 7 nitrogen and oxygen atoms in total. The van der Waals surface area contributed by atoms with Gasteiger partial charge in [0.05, 0.1) is 11.3 Å². The van der Waals surface area contributed by atoms with Gasteiger partial charge in [-0.2, -0.15) is 18.2 Å². The van der Waals surface area contributed by atoms with Crippen LogP contribution in [0.5, 0.6) is 0 Å². The molecule has 2 aliphatic rings. The fourth-order valence-electron chi connectivity index (χ4n) is 4.32. The van der Waals surface area contributed by atoms with Crippen molar-refractivity contribution in [3.05, 3.63) is 35.0 Å². The topological polar surface area (TPSA) is 96.2 Å². The molecular formula is C21H25F3N6O. The van der Waals surface area contributed by atoms with Crippen molar-refractivity contribution in [3.63, 3.8) is 0 Å². The lowest BCUT2D eigenvalue weighted by molar-refractivity contribution is -0.137. The summed E-state index contributed by atoms with van der Waals surface area (Å²) >= 11 is 0. The number of halogens is 3. The van der Waals surface area contributed by atoms with Gasteiger partial charge in [-0.3, -0.25) is 4.79 Å². The Hall–Kier alpha value is -3.04. The van der Waals surface area contributed by atoms with E-state index in [0.717, 1.165) is 67.9 Å². The first-order valence-corrected chi connectivity index (χ1v) is 10.4. The maximum Gasteiger partial charge on any atom is 0.416 e. The predicted octanol–water partition coefficient (Wildman–Crippen LogP) is 3.41. The van der Waals surface area contributed by atoms with Crippen LogP contribution < -0.4 is 21.3 Å². The van der Waals surface area contributed by atoms with E-state index in [1.54, 1.807) is 0 Å². The molecule has 1 unspecified atom stereocenters. The van der Waals surface area contributed by atoms with Crippen molar-refractivity contribution >= 4 is 29.0 Å². The molecule has 1 saturated heterocycles. The number of nitrogens with zero attached hydrogens (tertiary/aromatic N) is 3. The number of anilines is 4. The Morgan fingerprint density at radius 1 is 1.19 bits per heavy atom. The summed E-state index contributed by atoms with van der Waals surface area (Å²) in [7, 11) is 0. The van der Waals surface area contributed by atoms with Gasteiger partial charge < -0.3 is 21.3 Å². The third-order valence-corrected chi connectivity index (χ3v) is 5.58. The van der Waals surface area contributed by atoms with E-state index in [0.29, 0.717) is 6.54 Å². The van der Waals surface area contributed by atoms with E-state index in [9.17, 15) is 18.0 Å². The maximum absolute atomic E-state index is 13.1. The van der Waals surface area contributed by atoms with Crippen LogP contribution in [-0.4, -0.2) is 35.0 Å². The summed E-state index contributed by atoms with van der Waals surface area (Å²) in [5.74, 6) is 0.972. The number of carbonyl (C=O) groups excluding carboxylic acids is 1. The number of benzene rings is 1. The van der Waals surface area contributed by atoms with Gasteiger partial charge in [-0.15, -0.1) is 0 Å². The maximum atomic E-state index is 13.1. The first-order valence-electron chi connectivity index (χ1n) is 10.4. The smallest absolute Gasteiger partial charge is 0.399 e. The average Bonchev–Trinajstić information content (AvgIpc) is 3.14. The van der Waals surface area contributed by atoms with Gasteiger partial charge in [0.25, 0.3) is 0 Å². The molecule has 1 aliphatic carbocycles. The van der Waals surface area contributed by atoms with Gasteiger partial charge in [0, 0.05) is 43.0 Å². The van der Waals surface area contributed by atoms with E-state index in [1.807, 2.05) is 0 Å². The molecule has 2 aromatic rings. The number of rotatable bonds is 4. The van der Waals surface area contributed by atoms with Gasteiger partial charge in [0.2, 0.25) is 11.9 Å². The van der Waals surface area contributed by atoms with Crippen LogP contribution in [0.3, 0.4) is 0 Å². The zero-order valence-electron chi connectivity index (χ0n) is 17.2. The van der Waals surface area contributed by atoms with Crippen LogP contribution in [0, 0.1) is 0 Å². The van der Waals surface area contributed by atoms with Crippen LogP contribution in [0.4, 0.5) is 36.3 Å². The van der Waals surface area contributed by atoms with Crippen LogP contribution in [0.2, 0.25) is 0 Å². The minimum atomic E-state index is -4.50. The molecule has 1 aliphatic heterocycles. The van der Waals surface area contributed by atoms with Crippen molar-refractivity contribution in [1.29, 1.82) is 0 Å². The minimum Gasteiger partial charge on any atom is -0.399 e. The zero-order valence-corrected chi connectivity index (χ0v) is 17.2. The van der Waals surface area contributed by atoms with E-state index in [-0.39, 0.29) is 29.3 Å². The van der Waals surface area contributed by atoms with Gasteiger partial charge in [-0.1, -0.05) is 0 Å². The Balaban J connectivity index is 1.64. The number of alkyl halides is 3. The van der Waals surface area contributed by atoms with Crippen LogP contribution in [0.1, 0.15) is 43.0 Å². The number of aryl methyl sites for hydroxylation is 1. The summed E-state index contributed by atoms with van der Waals surface area (Å²) in [6.45, 7) is 2.94. The summed E-state index contributed by atoms with van der Waals surface area (Å²) in [5, 5.41) is 5.88. The number of nitrogens with one attached hydrogen (secondary N) is 2. The molecule has 4 rings (SSSR count). The number of fused-ring (bicyclic) bond motifs is 1. The number of piperidine rings is 1. The van der Waals surface area contributed by atoms with E-state index < -0.39 is 11.7 Å². The molecule has 0 saturated carbocycles. The second-order valence-electron chi connectivity index (χ2n) is 8.10. The van der Waals surface area contributed by atoms with Crippen molar-refractivity contribution in [1.82, 2.24) is 15.3 Å². The minimum absolute atomic E-state index is 0.00730. The number of nitrogen functional groups attached to an aromatic ring is 1. The quantitative estimate of drug-likeness (QED) is 0.639. The second-order valence-corrected chi connectivity index (χ2v) is 8.10. The molecule has 166 valence electrons. The first kappa shape index (κ1) is 21.2. The third-order valence-electron chi connectivity index (χ3n) is 5.58. The third kappa shape index (κ3) is 4.83. The molecule has 1 aromatic carbocycles. The van der Waals surface area contributed by atoms with Crippen molar-refractivity contribution in [3.8, 4) is 0 Å². The molecule has 0 spiro atoms. The Bertz CT molecular complexity index is 994. The van der Waals surface area contributed by atoms with Gasteiger partial charge >= 0.3 is 6.18 Å². The van der Waals surface area contributed by atoms with Gasteiger partial charge in [-0.05, 0) is 50.3 Å². The number of hydrogen-bond donors (Lipinski definition) is 3. The molecule has 4 N–H and O–H groups in total. The molecule has 10 heteroatoms. The Morgan fingerprint density at radius 3 is 2.74 bits per heavy atom. The van der Waals surface area contributed by atoms with E-state index >= 15 is 0 Å². The van der Waals surface area contributed by atoms with Crippen molar-refractivity contribution in [2.24, 2.45) is 0 Å². The molecule has 1 atom stereocenters. The molecule has 0 bridgehead atoms. The van der Waals surface area contributed by atoms with Gasteiger partial charge in [0.1, 0.15) is 5.82 Å². The number of aromatic nitrogens is 2. The Kier molecular flexibility index (Phi) is 5.63. The van der Waals surface area contributed by atoms with E-state index in [4.69, 9.17) is 5.73 Å². The highest BCUT2D eigenvalue weighted by atomic mass is 19.4. The summed E-state index contributed by atoms with van der Waals surface area (Å²) in [5.41, 5.74) is 7.04. The van der Waals surface area contributed by atoms with E-state index in [1.165, 1.54) is 13.0 Å². The van der Waals surface area contributed by atoms with Crippen LogP contribution in [0.25, 0.3) is 0 Å². The highest BCUT2D eigenvalue weighted by Crippen LogP contribution is 2.35. The molecule has 2 heterocycles. The summed E-state index contributed by atoms with van der Waals surface area (Å²) < 4.78 is 39.4. The number of carbonyl (C=O) groups is 1. The highest BCUT2D eigenvalue weighted by Gasteiger charge is 2.31. The molecule has 0 radical (unpaired) electrons. The standard InChI is InChI=1S/C21H25F3N6O/c1-12(31)26-15-4-3-7-30(11-15)19-17-5-2-6-18(17)28-20(29-19)27-16-9-13(21(22,23)24)8-14(25)10-16/h8-10,15H,2-7,11,25H2,1H3,(H,26,31)(H,27,28,29). The lowest BCUT2D eigenvalue weighted by Gasteiger charge is -2.35. The number of hydrogen-bond acceptors (Lipinski definition) is 6. The summed E-state index contributed by atoms with van der Waals surface area (Å²) in [4.78, 5) is 22.8. The SMILES string of the molecule is CC(=O)NC1CCCN(c2nc(Nc3cc(N)cc(C(F)(F)F)c3)nc3c2CCC3)C1. The molecule has 31 heavy (non-hydrogen) atoms. The fourth-order valence-corrected chi connectivity index (χ4v) is 4.32. The molecule has 1 fully saturated rings. The van der Waals surface area contributed by atoms with Crippen molar-refractivity contribution in [2.45, 2.75) is 51.2 Å². The lowest BCUT2D eigenvalue weighted by atomic mass is 10.0. The van der Waals surface area contributed by atoms with Crippen molar-refractivity contribution < 1.29 is 18.0 Å². The van der Waals surface area contributed by atoms with Gasteiger partial charge in [0.15, 0.2) is 0 Å². The zero-order chi connectivity index (χ0) is 22.2. The highest BCUT2D eigenvalue weighted by molar-refractivity contribution is 5.73. The van der Waals surface area contributed by atoms with Gasteiger partial charge in [-0.25, -0.2) is 4.98 Å². The fraction of sp³-hybridized carbons (Fsp3) is 0.476. The first-order chi connectivity index (χ1) is 14.7.